The number of aliphatic carboxylic acids is 1. The van der Waals surface area contributed by atoms with E-state index in [2.05, 4.69) is 0 Å². The second-order valence-corrected chi connectivity index (χ2v) is 9.98. The van der Waals surface area contributed by atoms with Crippen molar-refractivity contribution < 1.29 is 43.9 Å². The van der Waals surface area contributed by atoms with E-state index >= 15 is 0 Å². The molecule has 10 nitrogen and oxygen atoms in total. The molecule has 5 N–H and O–H groups in total. The second-order valence-electron chi connectivity index (χ2n) is 9.98. The SMILES string of the molecule is C[C@H](OC(=O)CC[C@H](N)C(=O)O)C(=O)OC1=CC[C@@]2(O)[C@@H]3CCC[C@@]24c2c(ccc(O)c2O[C@@H]14)C3. The molecule has 1 heterocycles. The summed E-state index contributed by atoms with van der Waals surface area (Å²) in [6, 6.07) is 2.27. The van der Waals surface area contributed by atoms with E-state index in [1.807, 2.05) is 6.07 Å². The molecule has 4 aliphatic rings. The minimum Gasteiger partial charge on any atom is -0.504 e. The van der Waals surface area contributed by atoms with Crippen molar-refractivity contribution in [2.75, 3.05) is 0 Å². The molecule has 1 saturated carbocycles. The van der Waals surface area contributed by atoms with Gasteiger partial charge in [0.1, 0.15) is 11.8 Å². The normalized spacial score (nSPS) is 31.3. The van der Waals surface area contributed by atoms with E-state index in [0.717, 1.165) is 24.0 Å². The topological polar surface area (TPSA) is 166 Å². The first-order valence-electron chi connectivity index (χ1n) is 11.9. The summed E-state index contributed by atoms with van der Waals surface area (Å²) in [5, 5.41) is 31.3. The zero-order valence-electron chi connectivity index (χ0n) is 19.4. The van der Waals surface area contributed by atoms with Crippen molar-refractivity contribution in [2.24, 2.45) is 11.7 Å². The molecule has 35 heavy (non-hydrogen) atoms. The van der Waals surface area contributed by atoms with Gasteiger partial charge in [-0.3, -0.25) is 9.59 Å². The maximum Gasteiger partial charge on any atom is 0.352 e. The Hall–Kier alpha value is -3.11. The van der Waals surface area contributed by atoms with Gasteiger partial charge >= 0.3 is 17.9 Å². The van der Waals surface area contributed by atoms with Crippen molar-refractivity contribution in [1.29, 1.82) is 0 Å². The van der Waals surface area contributed by atoms with Crippen molar-refractivity contribution >= 4 is 17.9 Å². The lowest BCUT2D eigenvalue weighted by Crippen LogP contribution is -2.67. The van der Waals surface area contributed by atoms with Crippen LogP contribution in [0.15, 0.2) is 24.0 Å². The van der Waals surface area contributed by atoms with Crippen molar-refractivity contribution in [3.8, 4) is 11.5 Å². The lowest BCUT2D eigenvalue weighted by atomic mass is 9.47. The van der Waals surface area contributed by atoms with Crippen LogP contribution < -0.4 is 10.5 Å². The Morgan fingerprint density at radius 3 is 2.83 bits per heavy atom. The molecule has 0 unspecified atom stereocenters. The van der Waals surface area contributed by atoms with Gasteiger partial charge in [0.15, 0.2) is 23.7 Å². The first-order chi connectivity index (χ1) is 16.6. The number of benzene rings is 1. The van der Waals surface area contributed by atoms with E-state index < -0.39 is 47.2 Å². The molecule has 3 aliphatic carbocycles. The Kier molecular flexibility index (Phi) is 5.56. The molecule has 6 atom stereocenters. The molecule has 0 aromatic heterocycles. The summed E-state index contributed by atoms with van der Waals surface area (Å²) in [6.45, 7) is 1.36. The van der Waals surface area contributed by atoms with Gasteiger partial charge in [-0.05, 0) is 62.7 Å². The number of carboxylic acids is 1. The summed E-state index contributed by atoms with van der Waals surface area (Å²) < 4.78 is 17.0. The average Bonchev–Trinajstić information content (AvgIpc) is 3.16. The van der Waals surface area contributed by atoms with E-state index in [1.54, 1.807) is 12.1 Å². The number of carboxylic acid groups (broad SMARTS) is 1. The second kappa shape index (κ2) is 8.23. The number of phenols is 1. The standard InChI is InChI=1S/C25H29NO9/c1-12(33-18(28)7-5-15(26)22(29)30)23(31)34-17-8-10-25(32)14-3-2-9-24(25)19-13(11-14)4-6-16(27)20(19)35-21(17)24/h4,6,8,12,14-15,21,27,32H,2-3,5,7,9-11,26H2,1H3,(H,29,30)/t12-,14+,15-,21-,24-,25+/m0/s1. The van der Waals surface area contributed by atoms with Crippen LogP contribution in [0.2, 0.25) is 0 Å². The third kappa shape index (κ3) is 3.41. The van der Waals surface area contributed by atoms with Crippen LogP contribution >= 0.6 is 0 Å². The quantitative estimate of drug-likeness (QED) is 0.413. The Labute approximate surface area is 201 Å². The zero-order chi connectivity index (χ0) is 25.1. The number of aromatic hydroxyl groups is 1. The van der Waals surface area contributed by atoms with Gasteiger partial charge in [0.25, 0.3) is 0 Å². The number of ether oxygens (including phenoxy) is 3. The van der Waals surface area contributed by atoms with Crippen molar-refractivity contribution in [3.63, 3.8) is 0 Å². The van der Waals surface area contributed by atoms with Gasteiger partial charge in [-0.1, -0.05) is 12.5 Å². The fraction of sp³-hybridized carbons (Fsp3) is 0.560. The molecule has 188 valence electrons. The molecule has 0 radical (unpaired) electrons. The van der Waals surface area contributed by atoms with Gasteiger partial charge in [-0.2, -0.15) is 0 Å². The predicted octanol–water partition coefficient (Wildman–Crippen LogP) is 1.43. The molecule has 0 amide bonds. The van der Waals surface area contributed by atoms with Gasteiger partial charge in [-0.15, -0.1) is 0 Å². The molecule has 1 aliphatic heterocycles. The van der Waals surface area contributed by atoms with E-state index in [4.69, 9.17) is 25.1 Å². The highest BCUT2D eigenvalue weighted by Crippen LogP contribution is 2.67. The van der Waals surface area contributed by atoms with Crippen LogP contribution in [0.3, 0.4) is 0 Å². The summed E-state index contributed by atoms with van der Waals surface area (Å²) in [6.07, 6.45) is 2.57. The number of carbonyl (C=O) groups is 3. The number of carbonyl (C=O) groups excluding carboxylic acids is 2. The molecule has 1 aromatic carbocycles. The van der Waals surface area contributed by atoms with Gasteiger partial charge in [0.05, 0.1) is 11.0 Å². The van der Waals surface area contributed by atoms with Crippen LogP contribution in [-0.2, 0) is 35.7 Å². The maximum absolute atomic E-state index is 12.8. The van der Waals surface area contributed by atoms with Crippen molar-refractivity contribution in [1.82, 2.24) is 0 Å². The highest BCUT2D eigenvalue weighted by atomic mass is 16.6. The smallest absolute Gasteiger partial charge is 0.352 e. The molecular weight excluding hydrogens is 458 g/mol. The Morgan fingerprint density at radius 2 is 2.09 bits per heavy atom. The first kappa shape index (κ1) is 23.6. The number of phenolic OH excluding ortho intramolecular Hbond substituents is 1. The van der Waals surface area contributed by atoms with E-state index in [1.165, 1.54) is 6.92 Å². The van der Waals surface area contributed by atoms with E-state index in [0.29, 0.717) is 18.6 Å². The summed E-state index contributed by atoms with van der Waals surface area (Å²) in [5.74, 6) is -2.26. The molecule has 1 aromatic rings. The minimum absolute atomic E-state index is 0.0218. The van der Waals surface area contributed by atoms with Gasteiger partial charge < -0.3 is 35.3 Å². The summed E-state index contributed by atoms with van der Waals surface area (Å²) in [4.78, 5) is 35.6. The highest BCUT2D eigenvalue weighted by Gasteiger charge is 2.70. The summed E-state index contributed by atoms with van der Waals surface area (Å²) in [7, 11) is 0. The number of rotatable bonds is 7. The van der Waals surface area contributed by atoms with E-state index in [9.17, 15) is 24.6 Å². The molecular formula is C25H29NO9. The predicted molar refractivity (Wildman–Crippen MR) is 119 cm³/mol. The van der Waals surface area contributed by atoms with Gasteiger partial charge in [-0.25, -0.2) is 4.79 Å². The molecule has 10 heteroatoms. The van der Waals surface area contributed by atoms with Crippen LogP contribution in [-0.4, -0.2) is 57.1 Å². The molecule has 1 fully saturated rings. The molecule has 1 spiro atoms. The lowest BCUT2D eigenvalue weighted by molar-refractivity contribution is -0.171. The summed E-state index contributed by atoms with van der Waals surface area (Å²) in [5.41, 5.74) is 5.31. The molecule has 5 rings (SSSR count). The van der Waals surface area contributed by atoms with Crippen LogP contribution in [0.4, 0.5) is 0 Å². The fourth-order valence-electron chi connectivity index (χ4n) is 6.43. The number of hydrogen-bond donors (Lipinski definition) is 4. The Balaban J connectivity index is 1.36. The minimum atomic E-state index is -1.25. The third-order valence-electron chi connectivity index (χ3n) is 8.10. The third-order valence-corrected chi connectivity index (χ3v) is 8.10. The number of aliphatic hydroxyl groups is 1. The first-order valence-corrected chi connectivity index (χ1v) is 11.9. The fourth-order valence-corrected chi connectivity index (χ4v) is 6.43. The highest BCUT2D eigenvalue weighted by molar-refractivity contribution is 5.80. The summed E-state index contributed by atoms with van der Waals surface area (Å²) >= 11 is 0. The van der Waals surface area contributed by atoms with Gasteiger partial charge in [0, 0.05) is 12.0 Å². The number of esters is 2. The monoisotopic (exact) mass is 487 g/mol. The van der Waals surface area contributed by atoms with Crippen molar-refractivity contribution in [3.05, 3.63) is 35.1 Å². The van der Waals surface area contributed by atoms with Crippen LogP contribution in [0.5, 0.6) is 11.5 Å². The molecule has 0 saturated heterocycles. The number of hydrogen-bond acceptors (Lipinski definition) is 9. The van der Waals surface area contributed by atoms with Crippen molar-refractivity contribution in [2.45, 2.75) is 81.1 Å². The Bertz CT molecular complexity index is 1130. The zero-order valence-corrected chi connectivity index (χ0v) is 19.4. The average molecular weight is 488 g/mol. The molecule has 2 bridgehead atoms. The van der Waals surface area contributed by atoms with Crippen LogP contribution in [0.25, 0.3) is 0 Å². The van der Waals surface area contributed by atoms with Crippen LogP contribution in [0, 0.1) is 5.92 Å². The van der Waals surface area contributed by atoms with Crippen LogP contribution in [0.1, 0.15) is 56.6 Å². The lowest BCUT2D eigenvalue weighted by Gasteiger charge is -2.59. The Morgan fingerprint density at radius 1 is 1.31 bits per heavy atom. The maximum atomic E-state index is 12.8. The van der Waals surface area contributed by atoms with Gasteiger partial charge in [0.2, 0.25) is 0 Å². The number of nitrogens with two attached hydrogens (primary N) is 1. The van der Waals surface area contributed by atoms with E-state index in [-0.39, 0.29) is 36.7 Å². The largest absolute Gasteiger partial charge is 0.504 e.